The second-order valence-corrected chi connectivity index (χ2v) is 6.84. The molecule has 0 saturated carbocycles. The van der Waals surface area contributed by atoms with Gasteiger partial charge in [-0.05, 0) is 5.56 Å². The molecule has 0 aliphatic carbocycles. The number of hydrogen-bond acceptors (Lipinski definition) is 5. The van der Waals surface area contributed by atoms with Crippen LogP contribution in [0, 0.1) is 0 Å². The molecule has 134 valence electrons. The molecule has 0 aliphatic rings. The van der Waals surface area contributed by atoms with Crippen LogP contribution in [0.2, 0.25) is 0 Å². The lowest BCUT2D eigenvalue weighted by atomic mass is 10.2. The van der Waals surface area contributed by atoms with Gasteiger partial charge < -0.3 is 5.32 Å². The zero-order valence-corrected chi connectivity index (χ0v) is 15.3. The average molecular weight is 375 g/mol. The highest BCUT2D eigenvalue weighted by atomic mass is 32.1. The fourth-order valence-electron chi connectivity index (χ4n) is 2.61. The van der Waals surface area contributed by atoms with Crippen LogP contribution in [0.5, 0.6) is 0 Å². The van der Waals surface area contributed by atoms with Crippen molar-refractivity contribution in [2.45, 2.75) is 13.1 Å². The van der Waals surface area contributed by atoms with Gasteiger partial charge in [-0.3, -0.25) is 4.79 Å². The first-order valence-corrected chi connectivity index (χ1v) is 9.38. The van der Waals surface area contributed by atoms with E-state index >= 15 is 0 Å². The first-order valence-electron chi connectivity index (χ1n) is 8.50. The third-order valence-electron chi connectivity index (χ3n) is 3.96. The molecule has 0 bridgehead atoms. The van der Waals surface area contributed by atoms with E-state index in [1.54, 1.807) is 22.2 Å². The van der Waals surface area contributed by atoms with Crippen LogP contribution < -0.4 is 5.32 Å². The number of rotatable bonds is 6. The number of amides is 1. The molecule has 0 spiro atoms. The van der Waals surface area contributed by atoms with Crippen LogP contribution in [0.4, 0.5) is 0 Å². The van der Waals surface area contributed by atoms with Crippen LogP contribution in [0.15, 0.2) is 72.2 Å². The van der Waals surface area contributed by atoms with Crippen LogP contribution in [0.1, 0.15) is 21.7 Å². The number of carbonyl (C=O) groups excluding carboxylic acids is 1. The van der Waals surface area contributed by atoms with Gasteiger partial charge in [0.25, 0.3) is 5.91 Å². The van der Waals surface area contributed by atoms with Gasteiger partial charge in [-0.1, -0.05) is 65.9 Å². The molecule has 0 radical (unpaired) electrons. The predicted molar refractivity (Wildman–Crippen MR) is 104 cm³/mol. The zero-order valence-electron chi connectivity index (χ0n) is 14.4. The Labute approximate surface area is 160 Å². The van der Waals surface area contributed by atoms with E-state index in [-0.39, 0.29) is 5.91 Å². The van der Waals surface area contributed by atoms with Gasteiger partial charge in [0.1, 0.15) is 5.01 Å². The highest BCUT2D eigenvalue weighted by molar-refractivity contribution is 7.13. The van der Waals surface area contributed by atoms with Gasteiger partial charge in [-0.15, -0.1) is 16.4 Å². The molecule has 1 N–H and O–H groups in total. The van der Waals surface area contributed by atoms with Crippen LogP contribution in [-0.2, 0) is 13.1 Å². The molecular formula is C20H17N5OS. The summed E-state index contributed by atoms with van der Waals surface area (Å²) in [4.78, 5) is 16.9. The third kappa shape index (κ3) is 4.27. The summed E-state index contributed by atoms with van der Waals surface area (Å²) in [5.41, 5.74) is 3.29. The minimum absolute atomic E-state index is 0.261. The van der Waals surface area contributed by atoms with Crippen LogP contribution >= 0.6 is 11.3 Å². The Kier molecular flexibility index (Phi) is 5.02. The molecular weight excluding hydrogens is 358 g/mol. The fourth-order valence-corrected chi connectivity index (χ4v) is 3.44. The third-order valence-corrected chi connectivity index (χ3v) is 4.90. The topological polar surface area (TPSA) is 72.7 Å². The zero-order chi connectivity index (χ0) is 18.5. The van der Waals surface area contributed by atoms with Crippen LogP contribution in [0.25, 0.3) is 10.6 Å². The minimum atomic E-state index is -0.261. The second-order valence-electron chi connectivity index (χ2n) is 5.98. The lowest BCUT2D eigenvalue weighted by Gasteiger charge is -2.00. The SMILES string of the molecule is O=C(NCc1csc(-c2ccccc2)n1)c1cn(Cc2ccccc2)nn1. The van der Waals surface area contributed by atoms with E-state index in [1.165, 1.54) is 0 Å². The molecule has 4 rings (SSSR count). The molecule has 0 fully saturated rings. The molecule has 6 nitrogen and oxygen atoms in total. The Hall–Kier alpha value is -3.32. The lowest BCUT2D eigenvalue weighted by molar-refractivity contribution is 0.0945. The smallest absolute Gasteiger partial charge is 0.273 e. The second kappa shape index (κ2) is 7.92. The molecule has 0 unspecified atom stereocenters. The minimum Gasteiger partial charge on any atom is -0.345 e. The monoisotopic (exact) mass is 375 g/mol. The van der Waals surface area contributed by atoms with E-state index in [1.807, 2.05) is 66.0 Å². The molecule has 1 amide bonds. The number of nitrogens with one attached hydrogen (secondary N) is 1. The number of benzene rings is 2. The number of nitrogens with zero attached hydrogens (tertiary/aromatic N) is 4. The molecule has 27 heavy (non-hydrogen) atoms. The van der Waals surface area contributed by atoms with E-state index < -0.39 is 0 Å². The lowest BCUT2D eigenvalue weighted by Crippen LogP contribution is -2.23. The number of thiazole rings is 1. The number of carbonyl (C=O) groups is 1. The van der Waals surface area contributed by atoms with Gasteiger partial charge in [0.15, 0.2) is 5.69 Å². The first kappa shape index (κ1) is 17.1. The van der Waals surface area contributed by atoms with Gasteiger partial charge in [0.2, 0.25) is 0 Å². The van der Waals surface area contributed by atoms with Crippen molar-refractivity contribution >= 4 is 17.2 Å². The largest absolute Gasteiger partial charge is 0.345 e. The molecule has 2 heterocycles. The quantitative estimate of drug-likeness (QED) is 0.561. The fraction of sp³-hybridized carbons (Fsp3) is 0.100. The highest BCUT2D eigenvalue weighted by Crippen LogP contribution is 2.23. The van der Waals surface area contributed by atoms with Crippen LogP contribution in [-0.4, -0.2) is 25.9 Å². The standard InChI is InChI=1S/C20H17N5OS/c26-19(18-13-25(24-23-18)12-15-7-3-1-4-8-15)21-11-17-14-27-20(22-17)16-9-5-2-6-10-16/h1-10,13-14H,11-12H2,(H,21,26). The van der Waals surface area contributed by atoms with Gasteiger partial charge in [0.05, 0.1) is 25.0 Å². The molecule has 2 aromatic carbocycles. The first-order chi connectivity index (χ1) is 13.3. The predicted octanol–water partition coefficient (Wildman–Crippen LogP) is 3.38. The normalized spacial score (nSPS) is 10.7. The maximum absolute atomic E-state index is 12.3. The number of aromatic nitrogens is 4. The summed E-state index contributed by atoms with van der Waals surface area (Å²) in [6, 6.07) is 19.9. The molecule has 4 aromatic rings. The Morgan fingerprint density at radius 1 is 1.04 bits per heavy atom. The van der Waals surface area contributed by atoms with Crippen molar-refractivity contribution in [1.82, 2.24) is 25.3 Å². The molecule has 0 atom stereocenters. The number of hydrogen-bond donors (Lipinski definition) is 1. The van der Waals surface area contributed by atoms with Crippen molar-refractivity contribution < 1.29 is 4.79 Å². The van der Waals surface area contributed by atoms with E-state index in [2.05, 4.69) is 20.6 Å². The van der Waals surface area contributed by atoms with Gasteiger partial charge in [0, 0.05) is 10.9 Å². The summed E-state index contributed by atoms with van der Waals surface area (Å²) in [7, 11) is 0. The highest BCUT2D eigenvalue weighted by Gasteiger charge is 2.12. The Bertz CT molecular complexity index is 1030. The summed E-state index contributed by atoms with van der Waals surface area (Å²) in [6.07, 6.45) is 1.65. The van der Waals surface area contributed by atoms with Crippen molar-refractivity contribution in [2.75, 3.05) is 0 Å². The summed E-state index contributed by atoms with van der Waals surface area (Å²) in [5.74, 6) is -0.261. The summed E-state index contributed by atoms with van der Waals surface area (Å²) >= 11 is 1.56. The Morgan fingerprint density at radius 3 is 2.56 bits per heavy atom. The maximum Gasteiger partial charge on any atom is 0.273 e. The molecule has 7 heteroatoms. The maximum atomic E-state index is 12.3. The van der Waals surface area contributed by atoms with E-state index in [4.69, 9.17) is 0 Å². The van der Waals surface area contributed by atoms with Gasteiger partial charge >= 0.3 is 0 Å². The average Bonchev–Trinajstić information content (AvgIpc) is 3.37. The summed E-state index contributed by atoms with van der Waals surface area (Å²) in [5, 5.41) is 13.7. The van der Waals surface area contributed by atoms with Crippen molar-refractivity contribution in [2.24, 2.45) is 0 Å². The Morgan fingerprint density at radius 2 is 1.78 bits per heavy atom. The van der Waals surface area contributed by atoms with E-state index in [0.29, 0.717) is 18.8 Å². The van der Waals surface area contributed by atoms with Crippen molar-refractivity contribution in [3.8, 4) is 10.6 Å². The van der Waals surface area contributed by atoms with Gasteiger partial charge in [-0.25, -0.2) is 9.67 Å². The molecule has 0 saturated heterocycles. The van der Waals surface area contributed by atoms with Crippen molar-refractivity contribution in [3.63, 3.8) is 0 Å². The summed E-state index contributed by atoms with van der Waals surface area (Å²) in [6.45, 7) is 0.932. The van der Waals surface area contributed by atoms with Crippen LogP contribution in [0.3, 0.4) is 0 Å². The van der Waals surface area contributed by atoms with Crippen molar-refractivity contribution in [3.05, 3.63) is 89.2 Å². The Balaban J connectivity index is 1.35. The van der Waals surface area contributed by atoms with E-state index in [9.17, 15) is 4.79 Å². The van der Waals surface area contributed by atoms with E-state index in [0.717, 1.165) is 21.8 Å². The summed E-state index contributed by atoms with van der Waals surface area (Å²) < 4.78 is 1.65. The van der Waals surface area contributed by atoms with Crippen molar-refractivity contribution in [1.29, 1.82) is 0 Å². The molecule has 2 aromatic heterocycles. The molecule has 0 aliphatic heterocycles. The van der Waals surface area contributed by atoms with Gasteiger partial charge in [-0.2, -0.15) is 0 Å².